The molecule has 0 aliphatic heterocycles. The molecule has 0 aromatic carbocycles. The molecule has 1 aliphatic carbocycles. The van der Waals surface area contributed by atoms with Gasteiger partial charge in [0.15, 0.2) is 0 Å². The maximum atomic E-state index is 5.62. The van der Waals surface area contributed by atoms with Crippen molar-refractivity contribution < 1.29 is 0 Å². The Kier molecular flexibility index (Phi) is 1.68. The second kappa shape index (κ2) is 2.59. The van der Waals surface area contributed by atoms with E-state index in [1.54, 1.807) is 0 Å². The molecule has 0 saturated heterocycles. The van der Waals surface area contributed by atoms with Crippen LogP contribution in [-0.2, 0) is 6.54 Å². The highest BCUT2D eigenvalue weighted by molar-refractivity contribution is 5.17. The third kappa shape index (κ3) is 1.05. The molecular formula is C9H15N3. The van der Waals surface area contributed by atoms with Gasteiger partial charge in [0, 0.05) is 11.7 Å². The summed E-state index contributed by atoms with van der Waals surface area (Å²) in [6.45, 7) is 4.73. The molecule has 2 N–H and O–H groups in total. The minimum absolute atomic E-state index is 0.561. The highest BCUT2D eigenvalue weighted by atomic mass is 15.1. The van der Waals surface area contributed by atoms with Gasteiger partial charge in [-0.15, -0.1) is 0 Å². The topological polar surface area (TPSA) is 43.8 Å². The van der Waals surface area contributed by atoms with Crippen LogP contribution >= 0.6 is 0 Å². The maximum Gasteiger partial charge on any atom is 0.123 e. The molecule has 0 spiro atoms. The summed E-state index contributed by atoms with van der Waals surface area (Å²) in [6.07, 6.45) is 2.59. The fraction of sp³-hybridized carbons (Fsp3) is 0.667. The van der Waals surface area contributed by atoms with Crippen LogP contribution in [0.25, 0.3) is 0 Å². The van der Waals surface area contributed by atoms with E-state index in [1.807, 2.05) is 6.92 Å². The van der Waals surface area contributed by atoms with E-state index in [0.29, 0.717) is 12.6 Å². The molecule has 0 radical (unpaired) electrons. The average Bonchev–Trinajstić information content (AvgIpc) is 2.82. The number of rotatable bonds is 2. The first kappa shape index (κ1) is 7.80. The minimum Gasteiger partial charge on any atom is -0.328 e. The number of nitrogens with zero attached hydrogens (tertiary/aromatic N) is 2. The maximum absolute atomic E-state index is 5.62. The third-order valence-electron chi connectivity index (χ3n) is 2.55. The fourth-order valence-corrected chi connectivity index (χ4v) is 1.66. The smallest absolute Gasteiger partial charge is 0.123 e. The van der Waals surface area contributed by atoms with Crippen molar-refractivity contribution in [3.8, 4) is 0 Å². The Bertz CT molecular complexity index is 297. The molecule has 1 aromatic rings. The lowest BCUT2D eigenvalue weighted by molar-refractivity contribution is 0.664. The first-order chi connectivity index (χ1) is 5.74. The van der Waals surface area contributed by atoms with Gasteiger partial charge in [0.05, 0.1) is 12.2 Å². The van der Waals surface area contributed by atoms with Crippen molar-refractivity contribution in [1.29, 1.82) is 0 Å². The monoisotopic (exact) mass is 165 g/mol. The van der Waals surface area contributed by atoms with Crippen LogP contribution in [0.1, 0.15) is 36.1 Å². The first-order valence-electron chi connectivity index (χ1n) is 4.48. The number of aromatic nitrogens is 2. The second-order valence-electron chi connectivity index (χ2n) is 3.50. The van der Waals surface area contributed by atoms with Crippen LogP contribution in [0.3, 0.4) is 0 Å². The second-order valence-corrected chi connectivity index (χ2v) is 3.50. The molecular weight excluding hydrogens is 150 g/mol. The molecule has 1 heterocycles. The van der Waals surface area contributed by atoms with Gasteiger partial charge in [0.1, 0.15) is 5.82 Å². The van der Waals surface area contributed by atoms with Crippen molar-refractivity contribution in [2.24, 2.45) is 5.73 Å². The zero-order chi connectivity index (χ0) is 8.72. The highest BCUT2D eigenvalue weighted by Crippen LogP contribution is 2.37. The van der Waals surface area contributed by atoms with E-state index in [0.717, 1.165) is 11.5 Å². The van der Waals surface area contributed by atoms with Gasteiger partial charge in [0.2, 0.25) is 0 Å². The summed E-state index contributed by atoms with van der Waals surface area (Å²) in [5, 5.41) is 0. The van der Waals surface area contributed by atoms with Gasteiger partial charge in [-0.25, -0.2) is 4.98 Å². The molecule has 0 unspecified atom stereocenters. The molecule has 1 fully saturated rings. The van der Waals surface area contributed by atoms with E-state index in [-0.39, 0.29) is 0 Å². The Labute approximate surface area is 72.6 Å². The lowest BCUT2D eigenvalue weighted by Gasteiger charge is -2.05. The summed E-state index contributed by atoms with van der Waals surface area (Å²) in [7, 11) is 0. The summed E-state index contributed by atoms with van der Waals surface area (Å²) in [5.74, 6) is 1.05. The number of hydrogen-bond acceptors (Lipinski definition) is 2. The van der Waals surface area contributed by atoms with Gasteiger partial charge < -0.3 is 10.3 Å². The van der Waals surface area contributed by atoms with Crippen LogP contribution < -0.4 is 5.73 Å². The molecule has 3 heteroatoms. The lowest BCUT2D eigenvalue weighted by atomic mass is 10.4. The van der Waals surface area contributed by atoms with Crippen molar-refractivity contribution in [3.63, 3.8) is 0 Å². The first-order valence-corrected chi connectivity index (χ1v) is 4.48. The molecule has 0 amide bonds. The van der Waals surface area contributed by atoms with Crippen LogP contribution in [0.5, 0.6) is 0 Å². The lowest BCUT2D eigenvalue weighted by Crippen LogP contribution is -2.08. The molecule has 0 bridgehead atoms. The quantitative estimate of drug-likeness (QED) is 0.717. The summed E-state index contributed by atoms with van der Waals surface area (Å²) < 4.78 is 2.30. The molecule has 2 rings (SSSR count). The van der Waals surface area contributed by atoms with Crippen LogP contribution in [0.4, 0.5) is 0 Å². The van der Waals surface area contributed by atoms with Gasteiger partial charge in [-0.2, -0.15) is 0 Å². The summed E-state index contributed by atoms with van der Waals surface area (Å²) >= 11 is 0. The van der Waals surface area contributed by atoms with Crippen LogP contribution in [0, 0.1) is 13.8 Å². The zero-order valence-electron chi connectivity index (χ0n) is 7.67. The van der Waals surface area contributed by atoms with Crippen molar-refractivity contribution in [2.75, 3.05) is 0 Å². The summed E-state index contributed by atoms with van der Waals surface area (Å²) in [6, 6.07) is 0.699. The Balaban J connectivity index is 2.46. The Hall–Kier alpha value is -0.830. The zero-order valence-corrected chi connectivity index (χ0v) is 7.67. The third-order valence-corrected chi connectivity index (χ3v) is 2.55. The Morgan fingerprint density at radius 3 is 2.67 bits per heavy atom. The number of nitrogens with two attached hydrogens (primary N) is 1. The van der Waals surface area contributed by atoms with Crippen LogP contribution in [0.2, 0.25) is 0 Å². The van der Waals surface area contributed by atoms with E-state index in [9.17, 15) is 0 Å². The Morgan fingerprint density at radius 1 is 1.50 bits per heavy atom. The predicted molar refractivity (Wildman–Crippen MR) is 47.9 cm³/mol. The SMILES string of the molecule is Cc1nc(CN)n(C2CC2)c1C. The van der Waals surface area contributed by atoms with Crippen molar-refractivity contribution in [1.82, 2.24) is 9.55 Å². The van der Waals surface area contributed by atoms with E-state index >= 15 is 0 Å². The molecule has 1 saturated carbocycles. The number of hydrogen-bond donors (Lipinski definition) is 1. The molecule has 0 atom stereocenters. The highest BCUT2D eigenvalue weighted by Gasteiger charge is 2.27. The summed E-state index contributed by atoms with van der Waals surface area (Å²) in [5.41, 5.74) is 8.03. The van der Waals surface area contributed by atoms with Crippen molar-refractivity contribution in [3.05, 3.63) is 17.2 Å². The molecule has 12 heavy (non-hydrogen) atoms. The Morgan fingerprint density at radius 2 is 2.17 bits per heavy atom. The number of aryl methyl sites for hydroxylation is 1. The minimum atomic E-state index is 0.561. The molecule has 1 aliphatic rings. The van der Waals surface area contributed by atoms with Crippen molar-refractivity contribution >= 4 is 0 Å². The van der Waals surface area contributed by atoms with Crippen LogP contribution in [0.15, 0.2) is 0 Å². The normalized spacial score (nSPS) is 16.9. The van der Waals surface area contributed by atoms with E-state index in [2.05, 4.69) is 16.5 Å². The van der Waals surface area contributed by atoms with E-state index < -0.39 is 0 Å². The predicted octanol–water partition coefficient (Wildman–Crippen LogP) is 1.29. The van der Waals surface area contributed by atoms with E-state index in [1.165, 1.54) is 18.5 Å². The van der Waals surface area contributed by atoms with Crippen molar-refractivity contribution in [2.45, 2.75) is 39.3 Å². The van der Waals surface area contributed by atoms with E-state index in [4.69, 9.17) is 5.73 Å². The molecule has 66 valence electrons. The molecule has 1 aromatic heterocycles. The summed E-state index contributed by atoms with van der Waals surface area (Å²) in [4.78, 5) is 4.43. The average molecular weight is 165 g/mol. The largest absolute Gasteiger partial charge is 0.328 e. The standard InChI is InChI=1S/C9H15N3/c1-6-7(2)12(8-3-4-8)9(5-10)11-6/h8H,3-5,10H2,1-2H3. The van der Waals surface area contributed by atoms with Gasteiger partial charge in [0.25, 0.3) is 0 Å². The van der Waals surface area contributed by atoms with Gasteiger partial charge in [-0.3, -0.25) is 0 Å². The van der Waals surface area contributed by atoms with Gasteiger partial charge in [-0.1, -0.05) is 0 Å². The van der Waals surface area contributed by atoms with Gasteiger partial charge >= 0.3 is 0 Å². The fourth-order valence-electron chi connectivity index (χ4n) is 1.66. The van der Waals surface area contributed by atoms with Crippen LogP contribution in [-0.4, -0.2) is 9.55 Å². The van der Waals surface area contributed by atoms with Gasteiger partial charge in [-0.05, 0) is 26.7 Å². The number of imidazole rings is 1. The molecule has 3 nitrogen and oxygen atoms in total.